The third-order valence-corrected chi connectivity index (χ3v) is 6.70. The van der Waals surface area contributed by atoms with E-state index in [-0.39, 0.29) is 42.7 Å². The van der Waals surface area contributed by atoms with E-state index in [1.54, 1.807) is 36.1 Å². The number of aryl methyl sites for hydroxylation is 1. The molecule has 1 N–H and O–H groups in total. The van der Waals surface area contributed by atoms with Crippen LogP contribution in [0.15, 0.2) is 41.4 Å². The van der Waals surface area contributed by atoms with Crippen molar-refractivity contribution in [3.05, 3.63) is 47.8 Å². The Morgan fingerprint density at radius 1 is 1.07 bits per heavy atom. The number of aromatic carboxylic acids is 1. The largest absolute Gasteiger partial charge is 0.476 e. The van der Waals surface area contributed by atoms with Gasteiger partial charge in [-0.25, -0.2) is 13.2 Å². The Labute approximate surface area is 163 Å². The van der Waals surface area contributed by atoms with Crippen LogP contribution in [0.3, 0.4) is 0 Å². The van der Waals surface area contributed by atoms with Gasteiger partial charge >= 0.3 is 5.97 Å². The number of hydrogen-bond donors (Lipinski definition) is 1. The predicted molar refractivity (Wildman–Crippen MR) is 100 cm³/mol. The second-order valence-electron chi connectivity index (χ2n) is 6.70. The van der Waals surface area contributed by atoms with E-state index in [9.17, 15) is 18.0 Å². The molecule has 1 fully saturated rings. The van der Waals surface area contributed by atoms with Gasteiger partial charge in [0.2, 0.25) is 15.9 Å². The molecule has 2 heterocycles. The van der Waals surface area contributed by atoms with Crippen LogP contribution in [0, 0.1) is 6.92 Å². The third kappa shape index (κ3) is 3.92. The quantitative estimate of drug-likeness (QED) is 0.792. The van der Waals surface area contributed by atoms with Gasteiger partial charge < -0.3 is 10.0 Å². The number of piperazine rings is 1. The van der Waals surface area contributed by atoms with E-state index < -0.39 is 22.0 Å². The van der Waals surface area contributed by atoms with Gasteiger partial charge in [-0.3, -0.25) is 9.48 Å². The molecule has 2 aromatic rings. The maximum absolute atomic E-state index is 12.7. The molecular formula is C18H22N4O5S. The number of hydrogen-bond acceptors (Lipinski definition) is 5. The zero-order valence-electron chi connectivity index (χ0n) is 15.6. The molecule has 0 saturated carbocycles. The summed E-state index contributed by atoms with van der Waals surface area (Å²) in [5, 5.41) is 12.8. The molecule has 10 heteroatoms. The number of aromatic nitrogens is 2. The molecule has 1 unspecified atom stereocenters. The van der Waals surface area contributed by atoms with E-state index in [0.29, 0.717) is 0 Å². The highest BCUT2D eigenvalue weighted by Gasteiger charge is 2.32. The minimum absolute atomic E-state index is 0.131. The first kappa shape index (κ1) is 20.0. The summed E-state index contributed by atoms with van der Waals surface area (Å²) in [4.78, 5) is 25.4. The fourth-order valence-corrected chi connectivity index (χ4v) is 4.48. The van der Waals surface area contributed by atoms with Gasteiger partial charge in [0.1, 0.15) is 6.04 Å². The van der Waals surface area contributed by atoms with E-state index in [0.717, 1.165) is 5.56 Å². The normalized spacial score (nSPS) is 16.7. The van der Waals surface area contributed by atoms with Gasteiger partial charge in [0.15, 0.2) is 5.69 Å². The number of sulfonamides is 1. The summed E-state index contributed by atoms with van der Waals surface area (Å²) >= 11 is 0. The van der Waals surface area contributed by atoms with Gasteiger partial charge in [-0.2, -0.15) is 9.40 Å². The van der Waals surface area contributed by atoms with Gasteiger partial charge in [-0.1, -0.05) is 17.7 Å². The second-order valence-corrected chi connectivity index (χ2v) is 8.64. The minimum atomic E-state index is -3.59. The number of carboxylic acids is 1. The minimum Gasteiger partial charge on any atom is -0.476 e. The number of carbonyl (C=O) groups is 2. The molecule has 1 aromatic carbocycles. The standard InChI is InChI=1S/C18H22N4O5S/c1-13-3-5-15(6-4-13)28(26,27)21-11-9-20(10-12-21)17(23)14(2)22-8-7-16(19-22)18(24)25/h3-8,14H,9-12H2,1-2H3,(H,24,25). The molecule has 0 aliphatic carbocycles. The van der Waals surface area contributed by atoms with Gasteiger partial charge in [0.05, 0.1) is 4.90 Å². The number of amides is 1. The van der Waals surface area contributed by atoms with Crippen molar-refractivity contribution in [2.24, 2.45) is 0 Å². The van der Waals surface area contributed by atoms with Crippen molar-refractivity contribution in [1.29, 1.82) is 0 Å². The summed E-state index contributed by atoms with van der Waals surface area (Å²) in [6.45, 7) is 4.46. The maximum Gasteiger partial charge on any atom is 0.356 e. The average Bonchev–Trinajstić information content (AvgIpc) is 3.18. The summed E-state index contributed by atoms with van der Waals surface area (Å²) in [7, 11) is -3.59. The molecule has 0 spiro atoms. The fraction of sp³-hybridized carbons (Fsp3) is 0.389. The number of nitrogens with zero attached hydrogens (tertiary/aromatic N) is 4. The Bertz CT molecular complexity index is 976. The highest BCUT2D eigenvalue weighted by molar-refractivity contribution is 7.89. The molecule has 3 rings (SSSR count). The monoisotopic (exact) mass is 406 g/mol. The predicted octanol–water partition coefficient (Wildman–Crippen LogP) is 0.984. The van der Waals surface area contributed by atoms with E-state index >= 15 is 0 Å². The van der Waals surface area contributed by atoms with Crippen LogP contribution in [0.25, 0.3) is 0 Å². The van der Waals surface area contributed by atoms with E-state index in [4.69, 9.17) is 5.11 Å². The number of rotatable bonds is 5. The molecule has 1 aliphatic rings. The van der Waals surface area contributed by atoms with Crippen LogP contribution < -0.4 is 0 Å². The summed E-state index contributed by atoms with van der Waals surface area (Å²) in [5.74, 6) is -1.39. The topological polar surface area (TPSA) is 113 Å². The molecule has 1 saturated heterocycles. The average molecular weight is 406 g/mol. The van der Waals surface area contributed by atoms with E-state index in [2.05, 4.69) is 5.10 Å². The molecule has 1 atom stereocenters. The summed E-state index contributed by atoms with van der Waals surface area (Å²) in [5.41, 5.74) is 0.849. The molecular weight excluding hydrogens is 384 g/mol. The Kier molecular flexibility index (Phi) is 5.52. The number of carbonyl (C=O) groups excluding carboxylic acids is 1. The lowest BCUT2D eigenvalue weighted by Crippen LogP contribution is -2.51. The number of carboxylic acid groups (broad SMARTS) is 1. The van der Waals surface area contributed by atoms with Gasteiger partial charge in [-0.15, -0.1) is 0 Å². The summed E-state index contributed by atoms with van der Waals surface area (Å²) in [6, 6.07) is 7.34. The molecule has 0 bridgehead atoms. The highest BCUT2D eigenvalue weighted by Crippen LogP contribution is 2.19. The lowest BCUT2D eigenvalue weighted by atomic mass is 10.2. The van der Waals surface area contributed by atoms with Crippen LogP contribution in [-0.2, 0) is 14.8 Å². The maximum atomic E-state index is 12.7. The number of benzene rings is 1. The van der Waals surface area contributed by atoms with Crippen molar-refractivity contribution in [1.82, 2.24) is 19.0 Å². The smallest absolute Gasteiger partial charge is 0.356 e. The van der Waals surface area contributed by atoms with Crippen molar-refractivity contribution in [3.63, 3.8) is 0 Å². The fourth-order valence-electron chi connectivity index (χ4n) is 3.05. The molecule has 9 nitrogen and oxygen atoms in total. The molecule has 1 aromatic heterocycles. The van der Waals surface area contributed by atoms with Crippen LogP contribution >= 0.6 is 0 Å². The Hall–Kier alpha value is -2.72. The van der Waals surface area contributed by atoms with E-state index in [1.165, 1.54) is 21.3 Å². The lowest BCUT2D eigenvalue weighted by molar-refractivity contribution is -0.135. The second kappa shape index (κ2) is 7.72. The van der Waals surface area contributed by atoms with Crippen molar-refractivity contribution >= 4 is 21.9 Å². The van der Waals surface area contributed by atoms with E-state index in [1.807, 2.05) is 6.92 Å². The first-order valence-electron chi connectivity index (χ1n) is 8.84. The van der Waals surface area contributed by atoms with Crippen molar-refractivity contribution in [2.45, 2.75) is 24.8 Å². The van der Waals surface area contributed by atoms with Crippen LogP contribution in [0.5, 0.6) is 0 Å². The van der Waals surface area contributed by atoms with Crippen molar-refractivity contribution in [2.75, 3.05) is 26.2 Å². The SMILES string of the molecule is Cc1ccc(S(=O)(=O)N2CCN(C(=O)C(C)n3ccc(C(=O)O)n3)CC2)cc1. The molecule has 150 valence electrons. The van der Waals surface area contributed by atoms with Gasteiger partial charge in [-0.05, 0) is 32.0 Å². The molecule has 1 aliphatic heterocycles. The zero-order chi connectivity index (χ0) is 20.5. The van der Waals surface area contributed by atoms with Gasteiger partial charge in [0.25, 0.3) is 0 Å². The first-order chi connectivity index (χ1) is 13.2. The Morgan fingerprint density at radius 2 is 1.68 bits per heavy atom. The highest BCUT2D eigenvalue weighted by atomic mass is 32.2. The Morgan fingerprint density at radius 3 is 2.21 bits per heavy atom. The molecule has 0 radical (unpaired) electrons. The lowest BCUT2D eigenvalue weighted by Gasteiger charge is -2.35. The van der Waals surface area contributed by atoms with Crippen LogP contribution in [-0.4, -0.2) is 70.6 Å². The summed E-state index contributed by atoms with van der Waals surface area (Å²) < 4.78 is 28.2. The van der Waals surface area contributed by atoms with Crippen LogP contribution in [0.2, 0.25) is 0 Å². The van der Waals surface area contributed by atoms with Crippen molar-refractivity contribution in [3.8, 4) is 0 Å². The zero-order valence-corrected chi connectivity index (χ0v) is 16.5. The summed E-state index contributed by atoms with van der Waals surface area (Å²) in [6.07, 6.45) is 1.45. The van der Waals surface area contributed by atoms with Crippen LogP contribution in [0.1, 0.15) is 29.0 Å². The first-order valence-corrected chi connectivity index (χ1v) is 10.3. The Balaban J connectivity index is 1.64. The van der Waals surface area contributed by atoms with Crippen molar-refractivity contribution < 1.29 is 23.1 Å². The van der Waals surface area contributed by atoms with Gasteiger partial charge in [0, 0.05) is 32.4 Å². The third-order valence-electron chi connectivity index (χ3n) is 4.79. The molecule has 28 heavy (non-hydrogen) atoms. The molecule has 1 amide bonds. The van der Waals surface area contributed by atoms with Crippen LogP contribution in [0.4, 0.5) is 0 Å².